The molecule has 0 aliphatic carbocycles. The third-order valence-corrected chi connectivity index (χ3v) is 5.59. The van der Waals surface area contributed by atoms with E-state index in [1.165, 1.54) is 0 Å². The van der Waals surface area contributed by atoms with Crippen LogP contribution < -0.4 is 19.8 Å². The lowest BCUT2D eigenvalue weighted by Gasteiger charge is -2.26. The molecule has 5 rings (SSSR count). The number of hydrogen-bond acceptors (Lipinski definition) is 5. The zero-order chi connectivity index (χ0) is 22.2. The molecular weight excluding hydrogens is 406 g/mol. The van der Waals surface area contributed by atoms with E-state index in [9.17, 15) is 9.59 Å². The fourth-order valence-corrected chi connectivity index (χ4v) is 4.20. The van der Waals surface area contributed by atoms with Gasteiger partial charge in [-0.3, -0.25) is 14.5 Å². The third-order valence-electron chi connectivity index (χ3n) is 5.59. The van der Waals surface area contributed by atoms with Gasteiger partial charge in [0.15, 0.2) is 5.43 Å². The SMILES string of the molecule is CCOc1cccc(C2c3c(oc4ccccc4c3=O)C(=O)N2c2cccc(OC)c2)c1. The fourth-order valence-electron chi connectivity index (χ4n) is 4.20. The molecule has 0 radical (unpaired) electrons. The first-order valence-electron chi connectivity index (χ1n) is 10.4. The van der Waals surface area contributed by atoms with Crippen LogP contribution in [0, 0.1) is 0 Å². The Kier molecular flexibility index (Phi) is 4.90. The van der Waals surface area contributed by atoms with Crippen LogP contribution in [0.1, 0.15) is 34.6 Å². The summed E-state index contributed by atoms with van der Waals surface area (Å²) in [5, 5.41) is 0.442. The van der Waals surface area contributed by atoms with Crippen molar-refractivity contribution in [3.8, 4) is 11.5 Å². The number of amides is 1. The van der Waals surface area contributed by atoms with Gasteiger partial charge in [0.25, 0.3) is 5.91 Å². The van der Waals surface area contributed by atoms with Gasteiger partial charge in [-0.05, 0) is 48.9 Å². The average molecular weight is 427 g/mol. The molecule has 6 heteroatoms. The van der Waals surface area contributed by atoms with Crippen molar-refractivity contribution in [3.05, 3.63) is 99.9 Å². The molecule has 1 aliphatic heterocycles. The van der Waals surface area contributed by atoms with E-state index < -0.39 is 6.04 Å². The van der Waals surface area contributed by atoms with Crippen LogP contribution in [0.15, 0.2) is 82.0 Å². The quantitative estimate of drug-likeness (QED) is 0.451. The zero-order valence-corrected chi connectivity index (χ0v) is 17.7. The maximum Gasteiger partial charge on any atom is 0.295 e. The molecule has 160 valence electrons. The molecule has 2 heterocycles. The fraction of sp³-hybridized carbons (Fsp3) is 0.154. The number of carbonyl (C=O) groups is 1. The molecule has 0 spiro atoms. The van der Waals surface area contributed by atoms with Gasteiger partial charge in [0.05, 0.1) is 30.7 Å². The van der Waals surface area contributed by atoms with E-state index in [4.69, 9.17) is 13.9 Å². The highest BCUT2D eigenvalue weighted by molar-refractivity contribution is 6.10. The number of rotatable bonds is 5. The zero-order valence-electron chi connectivity index (χ0n) is 17.7. The molecule has 1 amide bonds. The summed E-state index contributed by atoms with van der Waals surface area (Å²) in [4.78, 5) is 28.8. The maximum atomic E-state index is 13.6. The highest BCUT2D eigenvalue weighted by Crippen LogP contribution is 2.42. The van der Waals surface area contributed by atoms with Crippen LogP contribution in [-0.4, -0.2) is 19.6 Å². The molecule has 32 heavy (non-hydrogen) atoms. The van der Waals surface area contributed by atoms with E-state index in [0.29, 0.717) is 40.3 Å². The first kappa shape index (κ1) is 19.9. The van der Waals surface area contributed by atoms with Gasteiger partial charge < -0.3 is 13.9 Å². The molecule has 3 aromatic carbocycles. The Hall–Kier alpha value is -4.06. The number of ether oxygens (including phenoxy) is 2. The van der Waals surface area contributed by atoms with E-state index in [2.05, 4.69) is 0 Å². The van der Waals surface area contributed by atoms with Gasteiger partial charge in [0.1, 0.15) is 17.1 Å². The van der Waals surface area contributed by atoms with Crippen LogP contribution >= 0.6 is 0 Å². The van der Waals surface area contributed by atoms with E-state index in [1.807, 2.05) is 43.3 Å². The van der Waals surface area contributed by atoms with Crippen LogP contribution in [0.4, 0.5) is 5.69 Å². The predicted octanol–water partition coefficient (Wildman–Crippen LogP) is 4.95. The third kappa shape index (κ3) is 3.12. The standard InChI is InChI=1S/C26H21NO5/c1-3-31-19-11-6-8-16(14-19)23-22-24(28)20-12-4-5-13-21(20)32-25(22)26(29)27(23)17-9-7-10-18(15-17)30-2/h4-15,23H,3H2,1-2H3. The maximum absolute atomic E-state index is 13.6. The Morgan fingerprint density at radius 3 is 2.53 bits per heavy atom. The largest absolute Gasteiger partial charge is 0.497 e. The summed E-state index contributed by atoms with van der Waals surface area (Å²) in [5.74, 6) is 0.963. The topological polar surface area (TPSA) is 69.0 Å². The number of anilines is 1. The molecule has 1 atom stereocenters. The van der Waals surface area contributed by atoms with Gasteiger partial charge in [-0.25, -0.2) is 0 Å². The molecule has 6 nitrogen and oxygen atoms in total. The van der Waals surface area contributed by atoms with Gasteiger partial charge in [-0.2, -0.15) is 0 Å². The van der Waals surface area contributed by atoms with Crippen LogP contribution in [0.5, 0.6) is 11.5 Å². The minimum absolute atomic E-state index is 0.0586. The summed E-state index contributed by atoms with van der Waals surface area (Å²) in [6.45, 7) is 2.42. The lowest BCUT2D eigenvalue weighted by atomic mass is 9.98. The van der Waals surface area contributed by atoms with E-state index in [1.54, 1.807) is 48.4 Å². The predicted molar refractivity (Wildman–Crippen MR) is 122 cm³/mol. The second-order valence-electron chi connectivity index (χ2n) is 7.45. The smallest absolute Gasteiger partial charge is 0.295 e. The summed E-state index contributed by atoms with van der Waals surface area (Å²) in [6, 6.07) is 21.0. The van der Waals surface area contributed by atoms with Crippen molar-refractivity contribution in [1.29, 1.82) is 0 Å². The molecule has 0 saturated heterocycles. The minimum Gasteiger partial charge on any atom is -0.497 e. The Labute approximate surface area is 184 Å². The van der Waals surface area contributed by atoms with Crippen molar-refractivity contribution in [3.63, 3.8) is 0 Å². The lowest BCUT2D eigenvalue weighted by Crippen LogP contribution is -2.29. The van der Waals surface area contributed by atoms with Gasteiger partial charge in [-0.15, -0.1) is 0 Å². The second kappa shape index (κ2) is 7.89. The van der Waals surface area contributed by atoms with Gasteiger partial charge in [0, 0.05) is 11.8 Å². The molecule has 0 N–H and O–H groups in total. The number of benzene rings is 3. The van der Waals surface area contributed by atoms with Crippen molar-refractivity contribution >= 4 is 22.6 Å². The van der Waals surface area contributed by atoms with Gasteiger partial charge in [0.2, 0.25) is 5.76 Å². The molecule has 0 bridgehead atoms. The summed E-state index contributed by atoms with van der Waals surface area (Å²) >= 11 is 0. The van der Waals surface area contributed by atoms with Gasteiger partial charge >= 0.3 is 0 Å². The lowest BCUT2D eigenvalue weighted by molar-refractivity contribution is 0.0971. The van der Waals surface area contributed by atoms with Crippen molar-refractivity contribution in [1.82, 2.24) is 0 Å². The Balaban J connectivity index is 1.78. The van der Waals surface area contributed by atoms with E-state index >= 15 is 0 Å². The van der Waals surface area contributed by atoms with Crippen molar-refractivity contribution in [2.75, 3.05) is 18.6 Å². The Morgan fingerprint density at radius 1 is 0.938 bits per heavy atom. The summed E-state index contributed by atoms with van der Waals surface area (Å²) in [6.07, 6.45) is 0. The average Bonchev–Trinajstić information content (AvgIpc) is 3.12. The minimum atomic E-state index is -0.661. The first-order chi connectivity index (χ1) is 15.6. The molecule has 4 aromatic rings. The van der Waals surface area contributed by atoms with Crippen LogP contribution in [0.25, 0.3) is 11.0 Å². The van der Waals surface area contributed by atoms with E-state index in [0.717, 1.165) is 5.56 Å². The highest BCUT2D eigenvalue weighted by Gasteiger charge is 2.43. The molecule has 0 saturated carbocycles. The number of methoxy groups -OCH3 is 1. The second-order valence-corrected chi connectivity index (χ2v) is 7.45. The summed E-state index contributed by atoms with van der Waals surface area (Å²) in [5.41, 5.74) is 1.86. The molecular formula is C26H21NO5. The molecule has 0 fully saturated rings. The van der Waals surface area contributed by atoms with Gasteiger partial charge in [-0.1, -0.05) is 30.3 Å². The summed E-state index contributed by atoms with van der Waals surface area (Å²) < 4.78 is 17.0. The highest BCUT2D eigenvalue weighted by atomic mass is 16.5. The molecule has 1 aromatic heterocycles. The first-order valence-corrected chi connectivity index (χ1v) is 10.4. The van der Waals surface area contributed by atoms with Crippen molar-refractivity contribution in [2.24, 2.45) is 0 Å². The van der Waals surface area contributed by atoms with Crippen LogP contribution in [0.2, 0.25) is 0 Å². The number of para-hydroxylation sites is 1. The number of carbonyl (C=O) groups excluding carboxylic acids is 1. The Morgan fingerprint density at radius 2 is 1.72 bits per heavy atom. The molecule has 1 aliphatic rings. The number of nitrogens with zero attached hydrogens (tertiary/aromatic N) is 1. The van der Waals surface area contributed by atoms with E-state index in [-0.39, 0.29) is 17.1 Å². The van der Waals surface area contributed by atoms with Crippen molar-refractivity contribution in [2.45, 2.75) is 13.0 Å². The number of fused-ring (bicyclic) bond motifs is 2. The molecule has 1 unspecified atom stereocenters. The van der Waals surface area contributed by atoms with Crippen LogP contribution in [0.3, 0.4) is 0 Å². The Bertz CT molecular complexity index is 1390. The normalized spacial score (nSPS) is 15.1. The number of hydrogen-bond donors (Lipinski definition) is 0. The van der Waals surface area contributed by atoms with Crippen LogP contribution in [-0.2, 0) is 0 Å². The van der Waals surface area contributed by atoms with Crippen molar-refractivity contribution < 1.29 is 18.7 Å². The monoisotopic (exact) mass is 427 g/mol. The summed E-state index contributed by atoms with van der Waals surface area (Å²) in [7, 11) is 1.57.